The summed E-state index contributed by atoms with van der Waals surface area (Å²) in [7, 11) is 0. The van der Waals surface area contributed by atoms with Crippen LogP contribution in [-0.2, 0) is 0 Å². The molecule has 0 N–H and O–H groups in total. The maximum absolute atomic E-state index is 12.0. The average Bonchev–Trinajstić information content (AvgIpc) is 2.75. The number of hydrogen-bond donors (Lipinski definition) is 0. The van der Waals surface area contributed by atoms with Crippen molar-refractivity contribution >= 4 is 28.1 Å². The molecule has 2 heterocycles. The van der Waals surface area contributed by atoms with Crippen molar-refractivity contribution in [1.29, 1.82) is 0 Å². The normalized spacial score (nSPS) is 11.9. The molecule has 0 bridgehead atoms. The first-order chi connectivity index (χ1) is 10.0. The molecule has 0 unspecified atom stereocenters. The maximum Gasteiger partial charge on any atom is 0.292 e. The number of benzene rings is 1. The number of non-ortho nitro benzene ring substituents is 1. The Labute approximate surface area is 119 Å². The van der Waals surface area contributed by atoms with Gasteiger partial charge in [-0.2, -0.15) is 14.6 Å². The summed E-state index contributed by atoms with van der Waals surface area (Å²) in [6.07, 6.45) is 2.54. The largest absolute Gasteiger partial charge is 0.292 e. The lowest BCUT2D eigenvalue weighted by Crippen LogP contribution is -2.25. The van der Waals surface area contributed by atoms with Gasteiger partial charge in [0.25, 0.3) is 16.8 Å². The molecule has 21 heavy (non-hydrogen) atoms. The molecule has 8 nitrogen and oxygen atoms in total. The third-order valence-electron chi connectivity index (χ3n) is 2.68. The fraction of sp³-hybridized carbons (Fsp3) is 0. The van der Waals surface area contributed by atoms with Crippen LogP contribution in [-0.4, -0.2) is 19.5 Å². The van der Waals surface area contributed by atoms with E-state index in [0.29, 0.717) is 10.1 Å². The van der Waals surface area contributed by atoms with Gasteiger partial charge >= 0.3 is 0 Å². The summed E-state index contributed by atoms with van der Waals surface area (Å²) in [5.74, 6) is 0. The molecular formula is C12H6N4O4S. The van der Waals surface area contributed by atoms with Crippen molar-refractivity contribution in [2.45, 2.75) is 0 Å². The van der Waals surface area contributed by atoms with E-state index in [1.165, 1.54) is 24.3 Å². The van der Waals surface area contributed by atoms with Crippen LogP contribution in [0.2, 0.25) is 0 Å². The van der Waals surface area contributed by atoms with Crippen molar-refractivity contribution in [3.05, 3.63) is 71.4 Å². The van der Waals surface area contributed by atoms with Crippen LogP contribution in [0.5, 0.6) is 0 Å². The number of nitro groups is 1. The summed E-state index contributed by atoms with van der Waals surface area (Å²) in [5.41, 5.74) is -0.300. The highest BCUT2D eigenvalue weighted by Crippen LogP contribution is 2.12. The molecule has 0 aliphatic rings. The standard InChI is InChI=1S/C12H6N4O4S/c17-10-6-13-15-11(18)9(21-12(15)14-10)5-7-1-3-8(4-2-7)16(19)20/h1-6H/b9-5+. The highest BCUT2D eigenvalue weighted by molar-refractivity contribution is 7.15. The number of hydrogen-bond acceptors (Lipinski definition) is 7. The van der Waals surface area contributed by atoms with Crippen molar-refractivity contribution in [2.75, 3.05) is 0 Å². The molecule has 0 fully saturated rings. The number of nitrogens with zero attached hydrogens (tertiary/aromatic N) is 4. The van der Waals surface area contributed by atoms with Crippen LogP contribution in [0.1, 0.15) is 5.56 Å². The molecule has 0 saturated carbocycles. The molecule has 9 heteroatoms. The molecule has 0 saturated heterocycles. The Hall–Kier alpha value is -2.94. The molecule has 0 atom stereocenters. The van der Waals surface area contributed by atoms with Gasteiger partial charge in [-0.3, -0.25) is 19.7 Å². The van der Waals surface area contributed by atoms with E-state index in [1.54, 1.807) is 6.08 Å². The van der Waals surface area contributed by atoms with Crippen molar-refractivity contribution in [3.8, 4) is 0 Å². The molecule has 104 valence electrons. The van der Waals surface area contributed by atoms with E-state index in [0.717, 1.165) is 22.0 Å². The number of fused-ring (bicyclic) bond motifs is 1. The monoisotopic (exact) mass is 302 g/mol. The third kappa shape index (κ3) is 2.41. The van der Waals surface area contributed by atoms with E-state index in [9.17, 15) is 19.7 Å². The Morgan fingerprint density at radius 2 is 1.95 bits per heavy atom. The van der Waals surface area contributed by atoms with E-state index in [-0.39, 0.29) is 16.2 Å². The van der Waals surface area contributed by atoms with Gasteiger partial charge in [-0.25, -0.2) is 0 Å². The van der Waals surface area contributed by atoms with Crippen LogP contribution in [0, 0.1) is 10.1 Å². The molecule has 0 aliphatic carbocycles. The van der Waals surface area contributed by atoms with Gasteiger partial charge in [0, 0.05) is 12.1 Å². The highest BCUT2D eigenvalue weighted by atomic mass is 32.1. The zero-order chi connectivity index (χ0) is 15.0. The van der Waals surface area contributed by atoms with Crippen molar-refractivity contribution in [1.82, 2.24) is 14.6 Å². The lowest BCUT2D eigenvalue weighted by atomic mass is 10.2. The summed E-state index contributed by atoms with van der Waals surface area (Å²) < 4.78 is 1.39. The van der Waals surface area contributed by atoms with Crippen LogP contribution in [0.25, 0.3) is 11.0 Å². The Kier molecular flexibility index (Phi) is 3.03. The van der Waals surface area contributed by atoms with Crippen molar-refractivity contribution < 1.29 is 4.92 Å². The highest BCUT2D eigenvalue weighted by Gasteiger charge is 2.06. The van der Waals surface area contributed by atoms with E-state index in [1.807, 2.05) is 0 Å². The summed E-state index contributed by atoms with van der Waals surface area (Å²) in [5, 5.41) is 14.3. The zero-order valence-corrected chi connectivity index (χ0v) is 11.1. The molecule has 1 aromatic carbocycles. The predicted molar refractivity (Wildman–Crippen MR) is 75.3 cm³/mol. The molecule has 0 spiro atoms. The molecule has 0 radical (unpaired) electrons. The van der Waals surface area contributed by atoms with Gasteiger partial charge in [-0.1, -0.05) is 11.3 Å². The van der Waals surface area contributed by atoms with Crippen LogP contribution < -0.4 is 15.7 Å². The second-order valence-corrected chi connectivity index (χ2v) is 5.06. The van der Waals surface area contributed by atoms with E-state index in [2.05, 4.69) is 10.1 Å². The minimum Gasteiger partial charge on any atom is -0.266 e. The van der Waals surface area contributed by atoms with Gasteiger partial charge < -0.3 is 0 Å². The smallest absolute Gasteiger partial charge is 0.266 e. The minimum absolute atomic E-state index is 0.0282. The summed E-state index contributed by atoms with van der Waals surface area (Å²) in [6, 6.07) is 5.77. The second-order valence-electron chi connectivity index (χ2n) is 4.05. The van der Waals surface area contributed by atoms with Crippen LogP contribution in [0.3, 0.4) is 0 Å². The number of rotatable bonds is 2. The van der Waals surface area contributed by atoms with Gasteiger partial charge in [-0.15, -0.1) is 0 Å². The Morgan fingerprint density at radius 1 is 1.24 bits per heavy atom. The van der Waals surface area contributed by atoms with E-state index >= 15 is 0 Å². The molecule has 3 rings (SSSR count). The number of nitro benzene ring substituents is 1. The lowest BCUT2D eigenvalue weighted by molar-refractivity contribution is -0.384. The summed E-state index contributed by atoms with van der Waals surface area (Å²) >= 11 is 1.03. The first-order valence-electron chi connectivity index (χ1n) is 5.70. The average molecular weight is 302 g/mol. The Morgan fingerprint density at radius 3 is 2.62 bits per heavy atom. The van der Waals surface area contributed by atoms with Gasteiger partial charge in [-0.05, 0) is 23.8 Å². The molecule has 0 amide bonds. The van der Waals surface area contributed by atoms with Gasteiger partial charge in [0.05, 0.1) is 9.46 Å². The van der Waals surface area contributed by atoms with Gasteiger partial charge in [0.15, 0.2) is 0 Å². The second kappa shape index (κ2) is 4.87. The first kappa shape index (κ1) is 13.1. The minimum atomic E-state index is -0.516. The fourth-order valence-corrected chi connectivity index (χ4v) is 2.63. The molecular weight excluding hydrogens is 296 g/mol. The molecule has 3 aromatic rings. The first-order valence-corrected chi connectivity index (χ1v) is 6.51. The Bertz CT molecular complexity index is 1010. The summed E-state index contributed by atoms with van der Waals surface area (Å²) in [4.78, 5) is 37.1. The molecule has 2 aromatic heterocycles. The topological polar surface area (TPSA) is 107 Å². The number of aromatic nitrogens is 3. The lowest BCUT2D eigenvalue weighted by Gasteiger charge is -1.92. The van der Waals surface area contributed by atoms with Gasteiger partial charge in [0.2, 0.25) is 4.96 Å². The van der Waals surface area contributed by atoms with Crippen LogP contribution >= 0.6 is 11.3 Å². The van der Waals surface area contributed by atoms with Crippen molar-refractivity contribution in [3.63, 3.8) is 0 Å². The van der Waals surface area contributed by atoms with Gasteiger partial charge in [0.1, 0.15) is 6.20 Å². The van der Waals surface area contributed by atoms with Crippen LogP contribution in [0.4, 0.5) is 5.69 Å². The summed E-state index contributed by atoms with van der Waals surface area (Å²) in [6.45, 7) is 0. The number of thiazole rings is 1. The van der Waals surface area contributed by atoms with E-state index in [4.69, 9.17) is 0 Å². The quantitative estimate of drug-likeness (QED) is 0.486. The molecule has 0 aliphatic heterocycles. The SMILES string of the molecule is O=c1cnn2c(=O)/c(=C\c3ccc([N+](=O)[O-])cc3)sc2n1. The predicted octanol–water partition coefficient (Wildman–Crippen LogP) is -0.0329. The third-order valence-corrected chi connectivity index (χ3v) is 3.64. The zero-order valence-electron chi connectivity index (χ0n) is 10.3. The fourth-order valence-electron chi connectivity index (χ4n) is 1.71. The van der Waals surface area contributed by atoms with Crippen LogP contribution in [0.15, 0.2) is 40.1 Å². The maximum atomic E-state index is 12.0. The Balaban J connectivity index is 2.15. The van der Waals surface area contributed by atoms with Crippen molar-refractivity contribution in [2.24, 2.45) is 0 Å². The van der Waals surface area contributed by atoms with E-state index < -0.39 is 10.5 Å².